The van der Waals surface area contributed by atoms with Gasteiger partial charge in [-0.1, -0.05) is 33.1 Å². The van der Waals surface area contributed by atoms with Crippen LogP contribution in [0.5, 0.6) is 0 Å². The van der Waals surface area contributed by atoms with Gasteiger partial charge < -0.3 is 5.73 Å². The highest BCUT2D eigenvalue weighted by atomic mass is 16.1. The summed E-state index contributed by atoms with van der Waals surface area (Å²) in [5, 5.41) is 0. The summed E-state index contributed by atoms with van der Waals surface area (Å²) >= 11 is 0. The highest BCUT2D eigenvalue weighted by molar-refractivity contribution is 5.75. The van der Waals surface area contributed by atoms with Gasteiger partial charge in [0.1, 0.15) is 0 Å². The normalized spacial score (nSPS) is 10.8. The molecule has 0 aliphatic rings. The number of hydrogen-bond acceptors (Lipinski definition) is 2. The second-order valence-corrected chi connectivity index (χ2v) is 3.80. The van der Waals surface area contributed by atoms with Crippen LogP contribution in [0.25, 0.3) is 0 Å². The first kappa shape index (κ1) is 13.4. The number of carbonyl (C=O) groups is 1. The Balaban J connectivity index is 3.66. The van der Waals surface area contributed by atoms with Gasteiger partial charge in [0.2, 0.25) is 5.91 Å². The molecular formula is C11H24N2O. The van der Waals surface area contributed by atoms with Gasteiger partial charge in [-0.05, 0) is 25.9 Å². The molecule has 0 unspecified atom stereocenters. The Kier molecular flexibility index (Phi) is 8.64. The van der Waals surface area contributed by atoms with Crippen molar-refractivity contribution in [1.82, 2.24) is 4.90 Å². The molecule has 0 saturated heterocycles. The van der Waals surface area contributed by atoms with Crippen LogP contribution in [-0.2, 0) is 4.79 Å². The van der Waals surface area contributed by atoms with E-state index >= 15 is 0 Å². The van der Waals surface area contributed by atoms with Gasteiger partial charge in [-0.25, -0.2) is 0 Å². The lowest BCUT2D eigenvalue weighted by atomic mass is 10.2. The second-order valence-electron chi connectivity index (χ2n) is 3.80. The van der Waals surface area contributed by atoms with Crippen molar-refractivity contribution >= 4 is 5.91 Å². The molecule has 0 aromatic carbocycles. The third-order valence-electron chi connectivity index (χ3n) is 2.29. The van der Waals surface area contributed by atoms with E-state index in [4.69, 9.17) is 5.73 Å². The number of nitrogens with zero attached hydrogens (tertiary/aromatic N) is 1. The van der Waals surface area contributed by atoms with Crippen LogP contribution in [0.2, 0.25) is 0 Å². The molecule has 14 heavy (non-hydrogen) atoms. The molecule has 0 spiro atoms. The molecule has 2 N–H and O–H groups in total. The first-order valence-electron chi connectivity index (χ1n) is 5.71. The zero-order valence-electron chi connectivity index (χ0n) is 9.59. The third kappa shape index (κ3) is 8.05. The molecule has 0 bridgehead atoms. The van der Waals surface area contributed by atoms with Crippen LogP contribution < -0.4 is 5.73 Å². The minimum absolute atomic E-state index is 0.211. The summed E-state index contributed by atoms with van der Waals surface area (Å²) in [6, 6.07) is 0. The minimum atomic E-state index is -0.211. The molecule has 0 radical (unpaired) electrons. The molecule has 0 aromatic heterocycles. The van der Waals surface area contributed by atoms with Crippen LogP contribution in [0.15, 0.2) is 0 Å². The summed E-state index contributed by atoms with van der Waals surface area (Å²) in [7, 11) is 0. The van der Waals surface area contributed by atoms with Crippen LogP contribution in [0.1, 0.15) is 46.0 Å². The number of primary amides is 1. The number of rotatable bonds is 9. The van der Waals surface area contributed by atoms with E-state index in [1.807, 2.05) is 0 Å². The fraction of sp³-hybridized carbons (Fsp3) is 0.909. The molecule has 0 aliphatic carbocycles. The Hall–Kier alpha value is -0.570. The van der Waals surface area contributed by atoms with Crippen LogP contribution >= 0.6 is 0 Å². The van der Waals surface area contributed by atoms with E-state index < -0.39 is 0 Å². The van der Waals surface area contributed by atoms with Crippen molar-refractivity contribution in [3.8, 4) is 0 Å². The average molecular weight is 200 g/mol. The van der Waals surface area contributed by atoms with Crippen molar-refractivity contribution in [2.75, 3.05) is 19.6 Å². The van der Waals surface area contributed by atoms with E-state index in [9.17, 15) is 4.79 Å². The summed E-state index contributed by atoms with van der Waals surface area (Å²) < 4.78 is 0. The predicted molar refractivity (Wildman–Crippen MR) is 60.1 cm³/mol. The fourth-order valence-corrected chi connectivity index (χ4v) is 1.46. The first-order valence-corrected chi connectivity index (χ1v) is 5.71. The fourth-order valence-electron chi connectivity index (χ4n) is 1.46. The SMILES string of the molecule is CCCCCN(CCCC)CC(N)=O. The smallest absolute Gasteiger partial charge is 0.231 e. The quantitative estimate of drug-likeness (QED) is 0.576. The van der Waals surface area contributed by atoms with Crippen LogP contribution in [0.4, 0.5) is 0 Å². The first-order chi connectivity index (χ1) is 6.70. The maximum Gasteiger partial charge on any atom is 0.231 e. The van der Waals surface area contributed by atoms with E-state index in [2.05, 4.69) is 18.7 Å². The van der Waals surface area contributed by atoms with Crippen molar-refractivity contribution in [2.45, 2.75) is 46.0 Å². The topological polar surface area (TPSA) is 46.3 Å². The van der Waals surface area contributed by atoms with Crippen molar-refractivity contribution in [3.05, 3.63) is 0 Å². The van der Waals surface area contributed by atoms with Crippen LogP contribution in [0, 0.1) is 0 Å². The Morgan fingerprint density at radius 1 is 1.07 bits per heavy atom. The lowest BCUT2D eigenvalue weighted by molar-refractivity contribution is -0.119. The lowest BCUT2D eigenvalue weighted by Crippen LogP contribution is -2.35. The molecule has 0 heterocycles. The zero-order chi connectivity index (χ0) is 10.8. The molecule has 0 aromatic rings. The second kappa shape index (κ2) is 9.00. The predicted octanol–water partition coefficient (Wildman–Crippen LogP) is 1.76. The molecular weight excluding hydrogens is 176 g/mol. The number of carbonyl (C=O) groups excluding carboxylic acids is 1. The largest absolute Gasteiger partial charge is 0.369 e. The molecule has 3 nitrogen and oxygen atoms in total. The van der Waals surface area contributed by atoms with Gasteiger partial charge in [-0.2, -0.15) is 0 Å². The van der Waals surface area contributed by atoms with E-state index in [1.54, 1.807) is 0 Å². The molecule has 0 rings (SSSR count). The van der Waals surface area contributed by atoms with E-state index in [-0.39, 0.29) is 5.91 Å². The minimum Gasteiger partial charge on any atom is -0.369 e. The van der Waals surface area contributed by atoms with Crippen molar-refractivity contribution < 1.29 is 4.79 Å². The lowest BCUT2D eigenvalue weighted by Gasteiger charge is -2.19. The van der Waals surface area contributed by atoms with Crippen molar-refractivity contribution in [2.24, 2.45) is 5.73 Å². The summed E-state index contributed by atoms with van der Waals surface area (Å²) in [6.45, 7) is 6.78. The third-order valence-corrected chi connectivity index (χ3v) is 2.29. The molecule has 1 amide bonds. The molecule has 0 saturated carbocycles. The molecule has 0 aliphatic heterocycles. The van der Waals surface area contributed by atoms with Gasteiger partial charge in [0.05, 0.1) is 6.54 Å². The van der Waals surface area contributed by atoms with Gasteiger partial charge in [0, 0.05) is 0 Å². The van der Waals surface area contributed by atoms with Gasteiger partial charge in [0.15, 0.2) is 0 Å². The van der Waals surface area contributed by atoms with Gasteiger partial charge >= 0.3 is 0 Å². The Bertz CT molecular complexity index is 148. The maximum absolute atomic E-state index is 10.8. The number of amides is 1. The standard InChI is InChI=1S/C11H24N2O/c1-3-5-7-9-13(8-6-4-2)10-11(12)14/h3-10H2,1-2H3,(H2,12,14). The molecule has 84 valence electrons. The maximum atomic E-state index is 10.8. The summed E-state index contributed by atoms with van der Waals surface area (Å²) in [5.41, 5.74) is 5.19. The van der Waals surface area contributed by atoms with E-state index in [0.29, 0.717) is 6.54 Å². The summed E-state index contributed by atoms with van der Waals surface area (Å²) in [4.78, 5) is 13.0. The van der Waals surface area contributed by atoms with Crippen molar-refractivity contribution in [1.29, 1.82) is 0 Å². The van der Waals surface area contributed by atoms with Crippen LogP contribution in [-0.4, -0.2) is 30.4 Å². The van der Waals surface area contributed by atoms with Crippen molar-refractivity contribution in [3.63, 3.8) is 0 Å². The van der Waals surface area contributed by atoms with E-state index in [1.165, 1.54) is 25.7 Å². The van der Waals surface area contributed by atoms with Gasteiger partial charge in [-0.3, -0.25) is 9.69 Å². The van der Waals surface area contributed by atoms with E-state index in [0.717, 1.165) is 19.5 Å². The molecule has 3 heteroatoms. The van der Waals surface area contributed by atoms with Gasteiger partial charge in [-0.15, -0.1) is 0 Å². The summed E-state index contributed by atoms with van der Waals surface area (Å²) in [5.74, 6) is -0.211. The Morgan fingerprint density at radius 3 is 2.14 bits per heavy atom. The Labute approximate surface area is 87.6 Å². The van der Waals surface area contributed by atoms with Gasteiger partial charge in [0.25, 0.3) is 0 Å². The zero-order valence-corrected chi connectivity index (χ0v) is 9.59. The number of hydrogen-bond donors (Lipinski definition) is 1. The average Bonchev–Trinajstić information content (AvgIpc) is 2.13. The number of nitrogens with two attached hydrogens (primary N) is 1. The monoisotopic (exact) mass is 200 g/mol. The molecule has 0 fully saturated rings. The number of unbranched alkanes of at least 4 members (excludes halogenated alkanes) is 3. The summed E-state index contributed by atoms with van der Waals surface area (Å²) in [6.07, 6.45) is 5.95. The highest BCUT2D eigenvalue weighted by Gasteiger charge is 2.06. The van der Waals surface area contributed by atoms with Crippen LogP contribution in [0.3, 0.4) is 0 Å². The highest BCUT2D eigenvalue weighted by Crippen LogP contribution is 2.00. The Morgan fingerprint density at radius 2 is 1.64 bits per heavy atom. The molecule has 0 atom stereocenters.